The number of para-hydroxylation sites is 2. The second-order valence-corrected chi connectivity index (χ2v) is 9.66. The molecule has 8 aromatic rings. The number of phenolic OH excluding ortho intramolecular Hbond substituents is 1. The van der Waals surface area contributed by atoms with Crippen LogP contribution in [0, 0.1) is 0 Å². The van der Waals surface area contributed by atoms with Crippen LogP contribution in [-0.2, 0) is 0 Å². The smallest absolute Gasteiger partial charge is 0.219 e. The summed E-state index contributed by atoms with van der Waals surface area (Å²) in [5, 5.41) is 16.9. The first-order chi connectivity index (χ1) is 19.2. The summed E-state index contributed by atoms with van der Waals surface area (Å²) in [7, 11) is 0. The Labute approximate surface area is 223 Å². The van der Waals surface area contributed by atoms with Crippen LogP contribution in [0.1, 0.15) is 0 Å². The number of hydrogen-bond acceptors (Lipinski definition) is 4. The quantitative estimate of drug-likeness (QED) is 0.246. The van der Waals surface area contributed by atoms with E-state index in [1.165, 1.54) is 0 Å². The van der Waals surface area contributed by atoms with Gasteiger partial charge in [-0.3, -0.25) is 4.57 Å². The minimum Gasteiger partial charge on any atom is -0.505 e. The van der Waals surface area contributed by atoms with Crippen molar-refractivity contribution in [1.82, 2.24) is 14.5 Å². The fourth-order valence-corrected chi connectivity index (χ4v) is 5.51. The van der Waals surface area contributed by atoms with Crippen LogP contribution in [-0.4, -0.2) is 19.6 Å². The third kappa shape index (κ3) is 3.41. The number of pyridine rings is 2. The molecule has 0 aliphatic rings. The number of aromatic hydroxyl groups is 1. The van der Waals surface area contributed by atoms with E-state index < -0.39 is 0 Å². The number of aromatic nitrogens is 3. The Balaban J connectivity index is 1.28. The summed E-state index contributed by atoms with van der Waals surface area (Å²) in [6.45, 7) is 0. The summed E-state index contributed by atoms with van der Waals surface area (Å²) in [6, 6.07) is 40.3. The predicted octanol–water partition coefficient (Wildman–Crippen LogP) is 8.53. The molecule has 0 aliphatic carbocycles. The Morgan fingerprint density at radius 1 is 0.564 bits per heavy atom. The van der Waals surface area contributed by atoms with Crippen LogP contribution in [0.2, 0.25) is 0 Å². The Kier molecular flexibility index (Phi) is 4.60. The van der Waals surface area contributed by atoms with E-state index in [-0.39, 0.29) is 5.75 Å². The minimum absolute atomic E-state index is 0.159. The highest BCUT2D eigenvalue weighted by Crippen LogP contribution is 2.37. The topological polar surface area (TPSA) is 60.2 Å². The Morgan fingerprint density at radius 2 is 1.31 bits per heavy atom. The van der Waals surface area contributed by atoms with E-state index >= 15 is 0 Å². The van der Waals surface area contributed by atoms with Crippen molar-refractivity contribution in [2.75, 3.05) is 0 Å². The zero-order valence-corrected chi connectivity index (χ0v) is 20.7. The molecule has 0 aliphatic heterocycles. The maximum absolute atomic E-state index is 10.9. The number of rotatable bonds is 3. The van der Waals surface area contributed by atoms with Crippen molar-refractivity contribution in [1.29, 1.82) is 0 Å². The van der Waals surface area contributed by atoms with E-state index in [1.807, 2.05) is 78.9 Å². The van der Waals surface area contributed by atoms with Crippen molar-refractivity contribution in [3.8, 4) is 23.2 Å². The lowest BCUT2D eigenvalue weighted by Crippen LogP contribution is -1.97. The Bertz CT molecular complexity index is 2230. The van der Waals surface area contributed by atoms with Gasteiger partial charge in [-0.2, -0.15) is 0 Å². The third-order valence-corrected chi connectivity index (χ3v) is 7.33. The van der Waals surface area contributed by atoms with Gasteiger partial charge in [0, 0.05) is 39.1 Å². The number of nitrogens with zero attached hydrogens (tertiary/aromatic N) is 3. The standard InChI is InChI=1S/C34H21N3O2/c38-34-25-9-3-1-8-22(25)19-23-14-18-32(36-33(23)34)39-24-15-16-27-26-10-4-6-12-29(26)37(30(27)20-24)31-17-13-21-7-2-5-11-28(21)35-31/h1-20,38H. The summed E-state index contributed by atoms with van der Waals surface area (Å²) in [5.74, 6) is 2.07. The molecule has 8 rings (SSSR count). The van der Waals surface area contributed by atoms with Crippen LogP contribution in [0.15, 0.2) is 121 Å². The Morgan fingerprint density at radius 3 is 2.23 bits per heavy atom. The summed E-state index contributed by atoms with van der Waals surface area (Å²) >= 11 is 0. The van der Waals surface area contributed by atoms with E-state index in [0.717, 1.165) is 54.7 Å². The summed E-state index contributed by atoms with van der Waals surface area (Å²) in [6.07, 6.45) is 0. The highest BCUT2D eigenvalue weighted by Gasteiger charge is 2.15. The molecule has 0 unspecified atom stereocenters. The normalized spacial score (nSPS) is 11.7. The summed E-state index contributed by atoms with van der Waals surface area (Å²) < 4.78 is 8.44. The van der Waals surface area contributed by atoms with Gasteiger partial charge in [0.25, 0.3) is 0 Å². The van der Waals surface area contributed by atoms with Gasteiger partial charge >= 0.3 is 0 Å². The highest BCUT2D eigenvalue weighted by molar-refractivity contribution is 6.09. The summed E-state index contributed by atoms with van der Waals surface area (Å²) in [5.41, 5.74) is 3.53. The molecular formula is C34H21N3O2. The zero-order chi connectivity index (χ0) is 25.9. The molecule has 0 fully saturated rings. The molecule has 1 N–H and O–H groups in total. The van der Waals surface area contributed by atoms with Gasteiger partial charge in [-0.15, -0.1) is 0 Å². The molecule has 0 bridgehead atoms. The van der Waals surface area contributed by atoms with E-state index in [2.05, 4.69) is 52.0 Å². The van der Waals surface area contributed by atoms with Gasteiger partial charge in [0.15, 0.2) is 0 Å². The first-order valence-electron chi connectivity index (χ1n) is 12.8. The molecule has 3 aromatic heterocycles. The van der Waals surface area contributed by atoms with Crippen LogP contribution in [0.4, 0.5) is 0 Å². The molecule has 5 heteroatoms. The second-order valence-electron chi connectivity index (χ2n) is 9.66. The van der Waals surface area contributed by atoms with Crippen LogP contribution in [0.3, 0.4) is 0 Å². The third-order valence-electron chi connectivity index (χ3n) is 7.33. The van der Waals surface area contributed by atoms with Gasteiger partial charge in [-0.1, -0.05) is 60.7 Å². The van der Waals surface area contributed by atoms with E-state index in [1.54, 1.807) is 0 Å². The largest absolute Gasteiger partial charge is 0.505 e. The molecule has 5 nitrogen and oxygen atoms in total. The van der Waals surface area contributed by atoms with E-state index in [0.29, 0.717) is 17.1 Å². The lowest BCUT2D eigenvalue weighted by molar-refractivity contribution is 0.461. The molecule has 0 saturated carbocycles. The molecule has 0 atom stereocenters. The van der Waals surface area contributed by atoms with Crippen molar-refractivity contribution in [2.45, 2.75) is 0 Å². The fraction of sp³-hybridized carbons (Fsp3) is 0. The van der Waals surface area contributed by atoms with Crippen molar-refractivity contribution < 1.29 is 9.84 Å². The highest BCUT2D eigenvalue weighted by atomic mass is 16.5. The zero-order valence-electron chi connectivity index (χ0n) is 20.7. The molecule has 0 saturated heterocycles. The van der Waals surface area contributed by atoms with E-state index in [4.69, 9.17) is 9.72 Å². The molecule has 0 amide bonds. The van der Waals surface area contributed by atoms with Crippen LogP contribution in [0.5, 0.6) is 17.4 Å². The van der Waals surface area contributed by atoms with Gasteiger partial charge in [-0.05, 0) is 53.9 Å². The van der Waals surface area contributed by atoms with Gasteiger partial charge in [0.1, 0.15) is 22.8 Å². The molecule has 184 valence electrons. The monoisotopic (exact) mass is 503 g/mol. The van der Waals surface area contributed by atoms with Crippen molar-refractivity contribution in [3.05, 3.63) is 121 Å². The average Bonchev–Trinajstić information content (AvgIpc) is 3.31. The number of ether oxygens (including phenoxy) is 1. The molecule has 5 aromatic carbocycles. The van der Waals surface area contributed by atoms with Gasteiger partial charge in [0.2, 0.25) is 5.88 Å². The number of hydrogen-bond donors (Lipinski definition) is 1. The molecule has 39 heavy (non-hydrogen) atoms. The lowest BCUT2D eigenvalue weighted by atomic mass is 10.1. The maximum atomic E-state index is 10.9. The number of fused-ring (bicyclic) bond motifs is 6. The minimum atomic E-state index is 0.159. The van der Waals surface area contributed by atoms with Crippen LogP contribution in [0.25, 0.3) is 60.2 Å². The van der Waals surface area contributed by atoms with Gasteiger partial charge < -0.3 is 9.84 Å². The molecule has 3 heterocycles. The number of phenols is 1. The number of benzene rings is 5. The molecular weight excluding hydrogens is 482 g/mol. The van der Waals surface area contributed by atoms with Crippen LogP contribution >= 0.6 is 0 Å². The van der Waals surface area contributed by atoms with Crippen molar-refractivity contribution in [3.63, 3.8) is 0 Å². The van der Waals surface area contributed by atoms with Gasteiger partial charge in [-0.25, -0.2) is 9.97 Å². The fourth-order valence-electron chi connectivity index (χ4n) is 5.51. The van der Waals surface area contributed by atoms with E-state index in [9.17, 15) is 5.11 Å². The second kappa shape index (κ2) is 8.30. The first kappa shape index (κ1) is 21.6. The SMILES string of the molecule is Oc1c2ccccc2cc2ccc(Oc3ccc4c5ccccc5n(-c5ccc6ccccc6n5)c4c3)nc12. The Hall–Kier alpha value is -5.42. The predicted molar refractivity (Wildman–Crippen MR) is 157 cm³/mol. The van der Waals surface area contributed by atoms with Crippen molar-refractivity contribution in [2.24, 2.45) is 0 Å². The average molecular weight is 504 g/mol. The first-order valence-corrected chi connectivity index (χ1v) is 12.8. The summed E-state index contributed by atoms with van der Waals surface area (Å²) in [4.78, 5) is 9.65. The van der Waals surface area contributed by atoms with Gasteiger partial charge in [0.05, 0.1) is 16.6 Å². The molecule has 0 radical (unpaired) electrons. The van der Waals surface area contributed by atoms with Crippen LogP contribution < -0.4 is 4.74 Å². The molecule has 0 spiro atoms. The lowest BCUT2D eigenvalue weighted by Gasteiger charge is -2.10. The maximum Gasteiger partial charge on any atom is 0.219 e. The van der Waals surface area contributed by atoms with Crippen molar-refractivity contribution >= 4 is 54.4 Å².